The quantitative estimate of drug-likeness (QED) is 0.754. The molecule has 2 aromatic carbocycles. The molecule has 4 rings (SSSR count). The van der Waals surface area contributed by atoms with E-state index in [-0.39, 0.29) is 12.2 Å². The molecule has 1 N–H and O–H groups in total. The summed E-state index contributed by atoms with van der Waals surface area (Å²) < 4.78 is 24.2. The van der Waals surface area contributed by atoms with Crippen molar-refractivity contribution in [1.29, 1.82) is 0 Å². The number of aliphatic hydroxyl groups is 1. The molecule has 1 aliphatic heterocycles. The number of benzene rings is 2. The predicted octanol–water partition coefficient (Wildman–Crippen LogP) is 3.01. The molecule has 0 aromatic heterocycles. The lowest BCUT2D eigenvalue weighted by Gasteiger charge is -2.58. The number of ketones is 1. The summed E-state index contributed by atoms with van der Waals surface area (Å²) in [5.41, 5.74) is -0.535. The van der Waals surface area contributed by atoms with Crippen LogP contribution in [0.15, 0.2) is 60.7 Å². The Morgan fingerprint density at radius 2 is 1.57 bits per heavy atom. The molecule has 1 saturated carbocycles. The molecule has 30 heavy (non-hydrogen) atoms. The molecule has 6 heteroatoms. The Bertz CT molecular complexity index is 853. The van der Waals surface area contributed by atoms with E-state index >= 15 is 0 Å². The molecule has 1 heterocycles. The van der Waals surface area contributed by atoms with Gasteiger partial charge in [0, 0.05) is 20.0 Å². The Morgan fingerprint density at radius 3 is 2.07 bits per heavy atom. The van der Waals surface area contributed by atoms with Crippen LogP contribution in [-0.2, 0) is 37.0 Å². The van der Waals surface area contributed by atoms with Gasteiger partial charge in [-0.3, -0.25) is 4.79 Å². The fourth-order valence-electron chi connectivity index (χ4n) is 4.20. The van der Waals surface area contributed by atoms with Gasteiger partial charge in [-0.05, 0) is 18.1 Å². The number of hydrogen-bond acceptors (Lipinski definition) is 6. The van der Waals surface area contributed by atoms with Crippen molar-refractivity contribution in [2.75, 3.05) is 7.11 Å². The van der Waals surface area contributed by atoms with E-state index < -0.39 is 29.7 Å². The normalized spacial score (nSPS) is 33.4. The number of rotatable bonds is 7. The summed E-state index contributed by atoms with van der Waals surface area (Å²) in [6, 6.07) is 19.7. The third kappa shape index (κ3) is 3.94. The highest BCUT2D eigenvalue weighted by atomic mass is 16.7. The smallest absolute Gasteiger partial charge is 0.186 e. The second-order valence-corrected chi connectivity index (χ2v) is 8.19. The number of hydrogen-bond donors (Lipinski definition) is 1. The molecular formula is C24H28O6. The number of ether oxygens (including phenoxy) is 4. The maximum Gasteiger partial charge on any atom is 0.186 e. The zero-order chi connectivity index (χ0) is 21.2. The highest BCUT2D eigenvalue weighted by Crippen LogP contribution is 2.50. The SMILES string of the molecule is CO[C@H]1O[C@]2(CC(=O)[C@@]2(C)O)C[C@H](OCc2ccccc2)[C@H]1OCc1ccccc1. The molecule has 0 radical (unpaired) electrons. The van der Waals surface area contributed by atoms with Gasteiger partial charge in [0.05, 0.1) is 19.3 Å². The lowest BCUT2D eigenvalue weighted by molar-refractivity contribution is -0.349. The first kappa shape index (κ1) is 21.2. The van der Waals surface area contributed by atoms with Crippen molar-refractivity contribution in [1.82, 2.24) is 0 Å². The van der Waals surface area contributed by atoms with E-state index in [1.807, 2.05) is 60.7 Å². The van der Waals surface area contributed by atoms with Gasteiger partial charge >= 0.3 is 0 Å². The monoisotopic (exact) mass is 412 g/mol. The van der Waals surface area contributed by atoms with E-state index in [1.165, 1.54) is 14.0 Å². The predicted molar refractivity (Wildman–Crippen MR) is 110 cm³/mol. The van der Waals surface area contributed by atoms with E-state index in [0.717, 1.165) is 11.1 Å². The van der Waals surface area contributed by atoms with Gasteiger partial charge in [-0.2, -0.15) is 0 Å². The van der Waals surface area contributed by atoms with Crippen molar-refractivity contribution >= 4 is 5.78 Å². The fourth-order valence-corrected chi connectivity index (χ4v) is 4.20. The lowest BCUT2D eigenvalue weighted by atomic mass is 9.61. The van der Waals surface area contributed by atoms with Gasteiger partial charge in [-0.15, -0.1) is 0 Å². The van der Waals surface area contributed by atoms with Crippen LogP contribution in [0.2, 0.25) is 0 Å². The Morgan fingerprint density at radius 1 is 1.00 bits per heavy atom. The van der Waals surface area contributed by atoms with Crippen LogP contribution in [0.4, 0.5) is 0 Å². The number of carbonyl (C=O) groups is 1. The topological polar surface area (TPSA) is 74.2 Å². The Hall–Kier alpha value is -2.09. The molecule has 5 atom stereocenters. The van der Waals surface area contributed by atoms with Crippen molar-refractivity contribution in [3.8, 4) is 0 Å². The van der Waals surface area contributed by atoms with Crippen LogP contribution in [0, 0.1) is 0 Å². The number of methoxy groups -OCH3 is 1. The summed E-state index contributed by atoms with van der Waals surface area (Å²) in [7, 11) is 1.53. The molecule has 2 aliphatic rings. The van der Waals surface area contributed by atoms with Gasteiger partial charge in [0.15, 0.2) is 12.1 Å². The van der Waals surface area contributed by atoms with Crippen LogP contribution in [0.25, 0.3) is 0 Å². The molecular weight excluding hydrogens is 384 g/mol. The third-order valence-corrected chi connectivity index (χ3v) is 6.21. The van der Waals surface area contributed by atoms with Crippen molar-refractivity contribution in [2.45, 2.75) is 62.7 Å². The molecule has 0 bridgehead atoms. The Labute approximate surface area is 176 Å². The number of Topliss-reactive ketones (excluding diaryl/α,β-unsaturated/α-hetero) is 1. The average molecular weight is 412 g/mol. The van der Waals surface area contributed by atoms with E-state index in [9.17, 15) is 9.90 Å². The standard InChI is InChI=1S/C24H28O6/c1-23(26)20(25)14-24(23)13-19(28-15-17-9-5-3-6-10-17)21(22(27-2)30-24)29-16-18-11-7-4-8-12-18/h3-12,19,21-22,26H,13-16H2,1-2H3/t19-,21+,22-,23+,24-/m0/s1. The fraction of sp³-hybridized carbons (Fsp3) is 0.458. The molecule has 2 aromatic rings. The van der Waals surface area contributed by atoms with Gasteiger partial charge < -0.3 is 24.1 Å². The van der Waals surface area contributed by atoms with Gasteiger partial charge in [-0.25, -0.2) is 0 Å². The highest BCUT2D eigenvalue weighted by Gasteiger charge is 2.68. The Kier molecular flexibility index (Phi) is 6.04. The van der Waals surface area contributed by atoms with E-state index in [1.54, 1.807) is 0 Å². The third-order valence-electron chi connectivity index (χ3n) is 6.21. The zero-order valence-corrected chi connectivity index (χ0v) is 17.3. The molecule has 2 fully saturated rings. The summed E-state index contributed by atoms with van der Waals surface area (Å²) in [5, 5.41) is 10.7. The first-order valence-corrected chi connectivity index (χ1v) is 10.2. The van der Waals surface area contributed by atoms with Crippen LogP contribution in [0.5, 0.6) is 0 Å². The second kappa shape index (κ2) is 8.57. The largest absolute Gasteiger partial charge is 0.379 e. The van der Waals surface area contributed by atoms with Crippen LogP contribution >= 0.6 is 0 Å². The first-order chi connectivity index (χ1) is 14.4. The summed E-state index contributed by atoms with van der Waals surface area (Å²) in [6.07, 6.45) is -1.19. The van der Waals surface area contributed by atoms with E-state index in [2.05, 4.69) is 0 Å². The van der Waals surface area contributed by atoms with Gasteiger partial charge in [-0.1, -0.05) is 60.7 Å². The van der Waals surface area contributed by atoms with Crippen LogP contribution in [0.3, 0.4) is 0 Å². The van der Waals surface area contributed by atoms with Crippen molar-refractivity contribution in [3.63, 3.8) is 0 Å². The van der Waals surface area contributed by atoms with Crippen molar-refractivity contribution < 1.29 is 28.8 Å². The minimum Gasteiger partial charge on any atom is -0.379 e. The molecule has 1 aliphatic carbocycles. The molecule has 6 nitrogen and oxygen atoms in total. The summed E-state index contributed by atoms with van der Waals surface area (Å²) in [5.74, 6) is -0.234. The number of carbonyl (C=O) groups excluding carboxylic acids is 1. The maximum absolute atomic E-state index is 12.1. The first-order valence-electron chi connectivity index (χ1n) is 10.2. The van der Waals surface area contributed by atoms with Gasteiger partial charge in [0.2, 0.25) is 0 Å². The zero-order valence-electron chi connectivity index (χ0n) is 17.3. The molecule has 160 valence electrons. The molecule has 1 spiro atoms. The van der Waals surface area contributed by atoms with Crippen molar-refractivity contribution in [3.05, 3.63) is 71.8 Å². The summed E-state index contributed by atoms with van der Waals surface area (Å²) in [4.78, 5) is 12.1. The molecule has 0 unspecified atom stereocenters. The molecule has 0 amide bonds. The van der Waals surface area contributed by atoms with Crippen LogP contribution in [0.1, 0.15) is 30.9 Å². The Balaban J connectivity index is 1.54. The van der Waals surface area contributed by atoms with E-state index in [4.69, 9.17) is 18.9 Å². The molecule has 1 saturated heterocycles. The average Bonchev–Trinajstić information content (AvgIpc) is 2.78. The highest BCUT2D eigenvalue weighted by molar-refractivity contribution is 5.96. The lowest BCUT2D eigenvalue weighted by Crippen LogP contribution is -2.75. The van der Waals surface area contributed by atoms with Crippen LogP contribution in [-0.4, -0.2) is 47.7 Å². The summed E-state index contributed by atoms with van der Waals surface area (Å²) >= 11 is 0. The minimum absolute atomic E-state index is 0.135. The van der Waals surface area contributed by atoms with Crippen molar-refractivity contribution in [2.24, 2.45) is 0 Å². The maximum atomic E-state index is 12.1. The summed E-state index contributed by atoms with van der Waals surface area (Å²) in [6.45, 7) is 2.27. The minimum atomic E-state index is -1.57. The van der Waals surface area contributed by atoms with Gasteiger partial charge in [0.1, 0.15) is 17.3 Å². The van der Waals surface area contributed by atoms with Crippen LogP contribution < -0.4 is 0 Å². The second-order valence-electron chi connectivity index (χ2n) is 8.19. The van der Waals surface area contributed by atoms with E-state index in [0.29, 0.717) is 19.6 Å². The van der Waals surface area contributed by atoms with Gasteiger partial charge in [0.25, 0.3) is 0 Å².